The molecule has 5 nitrogen and oxygen atoms in total. The molecule has 4 atom stereocenters. The molecule has 1 amide bonds. The molecule has 130 valence electrons. The Morgan fingerprint density at radius 1 is 1.24 bits per heavy atom. The predicted octanol–water partition coefficient (Wildman–Crippen LogP) is 3.99. The van der Waals surface area contributed by atoms with Gasteiger partial charge in [-0.15, -0.1) is 0 Å². The molecule has 0 radical (unpaired) electrons. The zero-order valence-electron chi connectivity index (χ0n) is 13.6. The summed E-state index contributed by atoms with van der Waals surface area (Å²) in [7, 11) is 0. The number of halogens is 2. The molecule has 0 unspecified atom stereocenters. The molecule has 1 N–H and O–H groups in total. The Labute approximate surface area is 155 Å². The summed E-state index contributed by atoms with van der Waals surface area (Å²) in [6.07, 6.45) is 5.20. The van der Waals surface area contributed by atoms with E-state index in [1.54, 1.807) is 12.3 Å². The van der Waals surface area contributed by atoms with Crippen LogP contribution in [0.5, 0.6) is 0 Å². The quantitative estimate of drug-likeness (QED) is 0.821. The fraction of sp³-hybridized carbons (Fsp3) is 0.389. The zero-order valence-corrected chi connectivity index (χ0v) is 15.1. The number of nitrogens with one attached hydrogen (secondary N) is 1. The van der Waals surface area contributed by atoms with Crippen LogP contribution >= 0.6 is 23.2 Å². The fourth-order valence-electron chi connectivity index (χ4n) is 3.92. The second-order valence-corrected chi connectivity index (χ2v) is 7.32. The predicted molar refractivity (Wildman–Crippen MR) is 96.0 cm³/mol. The lowest BCUT2D eigenvalue weighted by molar-refractivity contribution is -0.121. The first-order chi connectivity index (χ1) is 12.0. The molecule has 0 aliphatic carbocycles. The van der Waals surface area contributed by atoms with Crippen molar-refractivity contribution in [2.24, 2.45) is 5.92 Å². The van der Waals surface area contributed by atoms with Gasteiger partial charge in [0.15, 0.2) is 0 Å². The molecule has 7 heteroatoms. The number of hydrogen-bond acceptors (Lipinski definition) is 4. The third kappa shape index (κ3) is 3.12. The molecule has 2 aromatic rings. The van der Waals surface area contributed by atoms with Crippen molar-refractivity contribution < 1.29 is 9.53 Å². The van der Waals surface area contributed by atoms with Crippen molar-refractivity contribution in [3.05, 3.63) is 52.0 Å². The van der Waals surface area contributed by atoms with Crippen LogP contribution in [0.1, 0.15) is 30.0 Å². The Kier molecular flexibility index (Phi) is 4.40. The summed E-state index contributed by atoms with van der Waals surface area (Å²) in [5, 5.41) is 3.44. The Bertz CT molecular complexity index is 830. The van der Waals surface area contributed by atoms with Gasteiger partial charge in [0.1, 0.15) is 5.15 Å². The molecule has 2 aromatic heterocycles. The molecule has 25 heavy (non-hydrogen) atoms. The smallest absolute Gasteiger partial charge is 0.230 e. The van der Waals surface area contributed by atoms with Crippen LogP contribution in [0.3, 0.4) is 0 Å². The molecular formula is C18H17Cl2N3O2. The van der Waals surface area contributed by atoms with Gasteiger partial charge in [0.25, 0.3) is 0 Å². The first-order valence-corrected chi connectivity index (χ1v) is 8.98. The number of amides is 1. The van der Waals surface area contributed by atoms with Crippen molar-refractivity contribution in [3.63, 3.8) is 0 Å². The van der Waals surface area contributed by atoms with E-state index >= 15 is 0 Å². The molecular weight excluding hydrogens is 361 g/mol. The van der Waals surface area contributed by atoms with Crippen molar-refractivity contribution in [1.82, 2.24) is 9.97 Å². The molecule has 4 rings (SSSR count). The number of aryl methyl sites for hydroxylation is 1. The van der Waals surface area contributed by atoms with Gasteiger partial charge in [0.05, 0.1) is 35.0 Å². The molecule has 4 heterocycles. The number of pyridine rings is 2. The van der Waals surface area contributed by atoms with E-state index in [2.05, 4.69) is 15.3 Å². The van der Waals surface area contributed by atoms with Gasteiger partial charge in [-0.25, -0.2) is 4.98 Å². The summed E-state index contributed by atoms with van der Waals surface area (Å²) in [5.41, 5.74) is 2.58. The Hall–Kier alpha value is -1.69. The highest BCUT2D eigenvalue weighted by atomic mass is 35.5. The number of nitrogens with zero attached hydrogens (tertiary/aromatic N) is 2. The highest BCUT2D eigenvalue weighted by Crippen LogP contribution is 2.49. The molecule has 0 aromatic carbocycles. The summed E-state index contributed by atoms with van der Waals surface area (Å²) in [5.74, 6) is -0.280. The minimum absolute atomic E-state index is 0.0381. The van der Waals surface area contributed by atoms with E-state index in [0.717, 1.165) is 24.1 Å². The van der Waals surface area contributed by atoms with Crippen LogP contribution in [0.4, 0.5) is 5.69 Å². The third-order valence-corrected chi connectivity index (χ3v) is 5.63. The first-order valence-electron chi connectivity index (χ1n) is 8.23. The van der Waals surface area contributed by atoms with Gasteiger partial charge in [-0.2, -0.15) is 0 Å². The number of anilines is 1. The number of rotatable bonds is 3. The van der Waals surface area contributed by atoms with Crippen LogP contribution in [-0.4, -0.2) is 28.1 Å². The fourth-order valence-corrected chi connectivity index (χ4v) is 4.19. The molecule has 2 aliphatic rings. The van der Waals surface area contributed by atoms with Crippen LogP contribution < -0.4 is 5.32 Å². The first kappa shape index (κ1) is 16.8. The molecule has 2 aliphatic heterocycles. The average molecular weight is 378 g/mol. The van der Waals surface area contributed by atoms with E-state index in [4.69, 9.17) is 27.9 Å². The van der Waals surface area contributed by atoms with E-state index in [1.165, 1.54) is 6.20 Å². The number of hydrogen-bond donors (Lipinski definition) is 1. The number of aromatic nitrogens is 2. The normalized spacial score (nSPS) is 27.5. The summed E-state index contributed by atoms with van der Waals surface area (Å²) >= 11 is 11.8. The third-order valence-electron chi connectivity index (χ3n) is 4.95. The maximum absolute atomic E-state index is 13.0. The van der Waals surface area contributed by atoms with E-state index in [1.807, 2.05) is 19.1 Å². The lowest BCUT2D eigenvalue weighted by atomic mass is 9.75. The van der Waals surface area contributed by atoms with Crippen molar-refractivity contribution in [2.75, 3.05) is 5.32 Å². The molecule has 2 bridgehead atoms. The minimum Gasteiger partial charge on any atom is -0.373 e. The summed E-state index contributed by atoms with van der Waals surface area (Å²) in [6, 6.07) is 5.62. The molecule has 0 saturated carbocycles. The van der Waals surface area contributed by atoms with E-state index < -0.39 is 0 Å². The van der Waals surface area contributed by atoms with Crippen LogP contribution in [0, 0.1) is 12.8 Å². The maximum Gasteiger partial charge on any atom is 0.230 e. The minimum atomic E-state index is -0.241. The van der Waals surface area contributed by atoms with Gasteiger partial charge in [0.2, 0.25) is 5.91 Å². The Morgan fingerprint density at radius 3 is 2.80 bits per heavy atom. The van der Waals surface area contributed by atoms with Gasteiger partial charge in [-0.1, -0.05) is 23.2 Å². The van der Waals surface area contributed by atoms with E-state index in [-0.39, 0.29) is 35.1 Å². The summed E-state index contributed by atoms with van der Waals surface area (Å²) in [6.45, 7) is 1.95. The van der Waals surface area contributed by atoms with Crippen LogP contribution in [0.15, 0.2) is 30.6 Å². The number of carbonyl (C=O) groups is 1. The van der Waals surface area contributed by atoms with Gasteiger partial charge in [0, 0.05) is 17.8 Å². The van der Waals surface area contributed by atoms with Crippen LogP contribution in [0.2, 0.25) is 10.2 Å². The number of carbonyl (C=O) groups excluding carboxylic acids is 1. The largest absolute Gasteiger partial charge is 0.373 e. The monoisotopic (exact) mass is 377 g/mol. The topological polar surface area (TPSA) is 64.1 Å². The van der Waals surface area contributed by atoms with E-state index in [0.29, 0.717) is 10.7 Å². The Morgan fingerprint density at radius 2 is 2.04 bits per heavy atom. The summed E-state index contributed by atoms with van der Waals surface area (Å²) < 4.78 is 6.05. The maximum atomic E-state index is 13.0. The van der Waals surface area contributed by atoms with Crippen LogP contribution in [0.25, 0.3) is 0 Å². The van der Waals surface area contributed by atoms with Crippen molar-refractivity contribution in [2.45, 2.75) is 37.9 Å². The van der Waals surface area contributed by atoms with Crippen molar-refractivity contribution >= 4 is 34.8 Å². The number of ether oxygens (including phenoxy) is 1. The lowest BCUT2D eigenvalue weighted by Crippen LogP contribution is -2.36. The average Bonchev–Trinajstić information content (AvgIpc) is 3.19. The Balaban J connectivity index is 1.60. The van der Waals surface area contributed by atoms with Gasteiger partial charge in [-0.3, -0.25) is 9.78 Å². The van der Waals surface area contributed by atoms with Crippen molar-refractivity contribution in [1.29, 1.82) is 0 Å². The summed E-state index contributed by atoms with van der Waals surface area (Å²) in [4.78, 5) is 21.2. The lowest BCUT2D eigenvalue weighted by Gasteiger charge is -2.27. The highest BCUT2D eigenvalue weighted by Gasteiger charge is 2.52. The number of fused-ring (bicyclic) bond motifs is 2. The van der Waals surface area contributed by atoms with Gasteiger partial charge < -0.3 is 10.1 Å². The van der Waals surface area contributed by atoms with Crippen LogP contribution in [-0.2, 0) is 9.53 Å². The molecule has 2 saturated heterocycles. The zero-order chi connectivity index (χ0) is 17.6. The second kappa shape index (κ2) is 6.56. The second-order valence-electron chi connectivity index (χ2n) is 6.56. The van der Waals surface area contributed by atoms with Crippen molar-refractivity contribution in [3.8, 4) is 0 Å². The van der Waals surface area contributed by atoms with E-state index in [9.17, 15) is 4.79 Å². The SMILES string of the molecule is Cc1cc([C@H]2[C@H](C(=O)Nc3cnc(Cl)c(Cl)c3)[C@@H]3CC[C@H]2O3)ccn1. The van der Waals surface area contributed by atoms with Gasteiger partial charge >= 0.3 is 0 Å². The molecule has 0 spiro atoms. The highest BCUT2D eigenvalue weighted by molar-refractivity contribution is 6.41. The van der Waals surface area contributed by atoms with Gasteiger partial charge in [-0.05, 0) is 43.5 Å². The standard InChI is InChI=1S/C18H17Cl2N3O2/c1-9-6-10(4-5-21-9)15-13-2-3-14(25-13)16(15)18(24)23-11-7-12(19)17(20)22-8-11/h4-8,13-16H,2-3H2,1H3,(H,23,24)/t13-,14+,15-,16-/m1/s1. The molecule has 2 fully saturated rings.